The number of rotatable bonds is 7. The fourth-order valence-corrected chi connectivity index (χ4v) is 3.85. The quantitative estimate of drug-likeness (QED) is 0.436. The standard InChI is InChI=1S/C18H32O/c1-2-3-15-19-18-13-11-17(12-14-18)10-9-16-7-5-4-6-8-16/h2,16-18H,1,3-15H2. The molecule has 0 radical (unpaired) electrons. The van der Waals surface area contributed by atoms with Crippen molar-refractivity contribution in [1.29, 1.82) is 0 Å². The molecule has 2 aliphatic carbocycles. The van der Waals surface area contributed by atoms with Gasteiger partial charge < -0.3 is 4.74 Å². The molecule has 0 saturated heterocycles. The van der Waals surface area contributed by atoms with Crippen LogP contribution in [0.5, 0.6) is 0 Å². The predicted molar refractivity (Wildman–Crippen MR) is 82.3 cm³/mol. The van der Waals surface area contributed by atoms with E-state index in [0.717, 1.165) is 24.9 Å². The molecule has 0 spiro atoms. The van der Waals surface area contributed by atoms with Gasteiger partial charge in [-0.15, -0.1) is 6.58 Å². The van der Waals surface area contributed by atoms with Crippen molar-refractivity contribution in [2.45, 2.75) is 83.2 Å². The van der Waals surface area contributed by atoms with E-state index in [-0.39, 0.29) is 0 Å². The molecule has 2 saturated carbocycles. The molecule has 2 rings (SSSR count). The molecular formula is C18H32O. The maximum atomic E-state index is 5.89. The maximum Gasteiger partial charge on any atom is 0.0575 e. The summed E-state index contributed by atoms with van der Waals surface area (Å²) in [5, 5.41) is 0. The molecule has 0 atom stereocenters. The zero-order valence-electron chi connectivity index (χ0n) is 12.6. The van der Waals surface area contributed by atoms with Gasteiger partial charge in [0.1, 0.15) is 0 Å². The Bertz CT molecular complexity index is 234. The van der Waals surface area contributed by atoms with Crippen LogP contribution in [0.1, 0.15) is 77.0 Å². The van der Waals surface area contributed by atoms with Crippen molar-refractivity contribution >= 4 is 0 Å². The highest BCUT2D eigenvalue weighted by Gasteiger charge is 2.22. The highest BCUT2D eigenvalue weighted by atomic mass is 16.5. The van der Waals surface area contributed by atoms with E-state index in [2.05, 4.69) is 6.58 Å². The van der Waals surface area contributed by atoms with Gasteiger partial charge in [0.15, 0.2) is 0 Å². The van der Waals surface area contributed by atoms with Gasteiger partial charge in [0.25, 0.3) is 0 Å². The second-order valence-corrected chi connectivity index (χ2v) is 6.67. The van der Waals surface area contributed by atoms with Crippen molar-refractivity contribution in [3.63, 3.8) is 0 Å². The van der Waals surface area contributed by atoms with Crippen LogP contribution in [-0.4, -0.2) is 12.7 Å². The van der Waals surface area contributed by atoms with E-state index in [9.17, 15) is 0 Å². The van der Waals surface area contributed by atoms with E-state index in [4.69, 9.17) is 4.74 Å². The second kappa shape index (κ2) is 8.79. The fraction of sp³-hybridized carbons (Fsp3) is 0.889. The first-order valence-corrected chi connectivity index (χ1v) is 8.61. The van der Waals surface area contributed by atoms with Gasteiger partial charge in [0.2, 0.25) is 0 Å². The van der Waals surface area contributed by atoms with Gasteiger partial charge in [-0.05, 0) is 43.9 Å². The zero-order valence-corrected chi connectivity index (χ0v) is 12.6. The van der Waals surface area contributed by atoms with Crippen LogP contribution in [0.15, 0.2) is 12.7 Å². The Kier molecular flexibility index (Phi) is 6.98. The van der Waals surface area contributed by atoms with Gasteiger partial charge in [-0.3, -0.25) is 0 Å². The highest BCUT2D eigenvalue weighted by molar-refractivity contribution is 4.75. The largest absolute Gasteiger partial charge is 0.378 e. The smallest absolute Gasteiger partial charge is 0.0575 e. The van der Waals surface area contributed by atoms with Crippen molar-refractivity contribution in [3.05, 3.63) is 12.7 Å². The van der Waals surface area contributed by atoms with E-state index < -0.39 is 0 Å². The Morgan fingerprint density at radius 2 is 1.47 bits per heavy atom. The summed E-state index contributed by atoms with van der Waals surface area (Å²) < 4.78 is 5.89. The van der Waals surface area contributed by atoms with Gasteiger partial charge in [0, 0.05) is 0 Å². The molecule has 0 amide bonds. The zero-order chi connectivity index (χ0) is 13.3. The first kappa shape index (κ1) is 15.1. The van der Waals surface area contributed by atoms with Crippen LogP contribution in [0.4, 0.5) is 0 Å². The Morgan fingerprint density at radius 3 is 2.11 bits per heavy atom. The average molecular weight is 264 g/mol. The van der Waals surface area contributed by atoms with Crippen molar-refractivity contribution in [3.8, 4) is 0 Å². The van der Waals surface area contributed by atoms with Crippen molar-refractivity contribution in [2.75, 3.05) is 6.61 Å². The van der Waals surface area contributed by atoms with E-state index >= 15 is 0 Å². The molecule has 0 aromatic rings. The Balaban J connectivity index is 1.54. The molecule has 1 nitrogen and oxygen atoms in total. The SMILES string of the molecule is C=CCCOC1CCC(CCC2CCCCC2)CC1. The summed E-state index contributed by atoms with van der Waals surface area (Å²) >= 11 is 0. The van der Waals surface area contributed by atoms with E-state index in [0.29, 0.717) is 6.10 Å². The van der Waals surface area contributed by atoms with Crippen molar-refractivity contribution in [2.24, 2.45) is 11.8 Å². The van der Waals surface area contributed by atoms with Crippen LogP contribution in [-0.2, 0) is 4.74 Å². The predicted octanol–water partition coefficient (Wildman–Crippen LogP) is 5.50. The third kappa shape index (κ3) is 5.69. The van der Waals surface area contributed by atoms with Crippen molar-refractivity contribution in [1.82, 2.24) is 0 Å². The summed E-state index contributed by atoms with van der Waals surface area (Å²) in [7, 11) is 0. The summed E-state index contributed by atoms with van der Waals surface area (Å²) in [5.41, 5.74) is 0. The molecule has 2 fully saturated rings. The lowest BCUT2D eigenvalue weighted by molar-refractivity contribution is 0.0190. The molecule has 110 valence electrons. The normalized spacial score (nSPS) is 29.3. The fourth-order valence-electron chi connectivity index (χ4n) is 3.85. The van der Waals surface area contributed by atoms with E-state index in [1.807, 2.05) is 6.08 Å². The molecule has 0 aromatic carbocycles. The summed E-state index contributed by atoms with van der Waals surface area (Å²) in [6, 6.07) is 0. The van der Waals surface area contributed by atoms with E-state index in [1.54, 1.807) is 0 Å². The number of ether oxygens (including phenoxy) is 1. The van der Waals surface area contributed by atoms with Gasteiger partial charge in [0.05, 0.1) is 12.7 Å². The van der Waals surface area contributed by atoms with E-state index in [1.165, 1.54) is 70.6 Å². The minimum absolute atomic E-state index is 0.547. The van der Waals surface area contributed by atoms with Crippen LogP contribution < -0.4 is 0 Å². The monoisotopic (exact) mass is 264 g/mol. The first-order chi connectivity index (χ1) is 9.38. The molecule has 0 aromatic heterocycles. The molecule has 0 N–H and O–H groups in total. The van der Waals surface area contributed by atoms with Gasteiger partial charge >= 0.3 is 0 Å². The molecule has 0 unspecified atom stereocenters. The lowest BCUT2D eigenvalue weighted by Gasteiger charge is -2.30. The topological polar surface area (TPSA) is 9.23 Å². The molecule has 0 heterocycles. The van der Waals surface area contributed by atoms with Crippen LogP contribution in [0.2, 0.25) is 0 Å². The van der Waals surface area contributed by atoms with Gasteiger partial charge in [-0.2, -0.15) is 0 Å². The summed E-state index contributed by atoms with van der Waals surface area (Å²) in [4.78, 5) is 0. The maximum absolute atomic E-state index is 5.89. The molecule has 19 heavy (non-hydrogen) atoms. The first-order valence-electron chi connectivity index (χ1n) is 8.61. The summed E-state index contributed by atoms with van der Waals surface area (Å²) in [6.07, 6.45) is 19.4. The summed E-state index contributed by atoms with van der Waals surface area (Å²) in [6.45, 7) is 4.62. The highest BCUT2D eigenvalue weighted by Crippen LogP contribution is 2.34. The van der Waals surface area contributed by atoms with Crippen LogP contribution >= 0.6 is 0 Å². The summed E-state index contributed by atoms with van der Waals surface area (Å²) in [5.74, 6) is 2.07. The molecule has 0 bridgehead atoms. The van der Waals surface area contributed by atoms with Crippen LogP contribution in [0.3, 0.4) is 0 Å². The Labute approximate surface area is 119 Å². The van der Waals surface area contributed by atoms with Crippen LogP contribution in [0.25, 0.3) is 0 Å². The van der Waals surface area contributed by atoms with Gasteiger partial charge in [-0.25, -0.2) is 0 Å². The van der Waals surface area contributed by atoms with Crippen molar-refractivity contribution < 1.29 is 4.74 Å². The third-order valence-corrected chi connectivity index (χ3v) is 5.18. The molecule has 1 heteroatoms. The number of hydrogen-bond donors (Lipinski definition) is 0. The third-order valence-electron chi connectivity index (χ3n) is 5.18. The Hall–Kier alpha value is -0.300. The average Bonchev–Trinajstić information content (AvgIpc) is 2.48. The molecule has 2 aliphatic rings. The van der Waals surface area contributed by atoms with Gasteiger partial charge in [-0.1, -0.05) is 51.0 Å². The lowest BCUT2D eigenvalue weighted by Crippen LogP contribution is -2.22. The number of hydrogen-bond acceptors (Lipinski definition) is 1. The Morgan fingerprint density at radius 1 is 0.842 bits per heavy atom. The second-order valence-electron chi connectivity index (χ2n) is 6.67. The molecular weight excluding hydrogens is 232 g/mol. The molecule has 0 aliphatic heterocycles. The minimum atomic E-state index is 0.547. The minimum Gasteiger partial charge on any atom is -0.378 e. The van der Waals surface area contributed by atoms with Crippen LogP contribution in [0, 0.1) is 11.8 Å². The lowest BCUT2D eigenvalue weighted by atomic mass is 9.79.